The molecule has 1 amide bonds. The lowest BCUT2D eigenvalue weighted by atomic mass is 10.2. The molecule has 0 spiro atoms. The van der Waals surface area contributed by atoms with Crippen LogP contribution in [0, 0.1) is 0 Å². The number of aryl methyl sites for hydroxylation is 1. The maximum absolute atomic E-state index is 12.5. The van der Waals surface area contributed by atoms with Crippen LogP contribution in [-0.2, 0) is 16.0 Å². The molecule has 23 heavy (non-hydrogen) atoms. The summed E-state index contributed by atoms with van der Waals surface area (Å²) in [4.78, 5) is 40.4. The fraction of sp³-hybridized carbons (Fsp3) is 0.333. The van der Waals surface area contributed by atoms with Crippen LogP contribution in [0.4, 0.5) is 4.79 Å². The van der Waals surface area contributed by atoms with E-state index < -0.39 is 17.5 Å². The number of thiophene rings is 1. The van der Waals surface area contributed by atoms with Gasteiger partial charge >= 0.3 is 12.1 Å². The second-order valence-electron chi connectivity index (χ2n) is 4.47. The topological polar surface area (TPSA) is 87.0 Å². The summed E-state index contributed by atoms with van der Waals surface area (Å²) in [5, 5.41) is 0.397. The number of amides is 1. The van der Waals surface area contributed by atoms with Gasteiger partial charge in [0.1, 0.15) is 10.4 Å². The lowest BCUT2D eigenvalue weighted by molar-refractivity contribution is 0.0524. The molecule has 0 saturated carbocycles. The number of aromatic nitrogens is 1. The molecule has 0 aliphatic rings. The number of fused-ring (bicyclic) bond motifs is 1. The molecule has 0 aromatic carbocycles. The Labute approximate surface area is 136 Å². The van der Waals surface area contributed by atoms with Crippen LogP contribution in [0.3, 0.4) is 0 Å². The van der Waals surface area contributed by atoms with E-state index in [0.717, 1.165) is 0 Å². The summed E-state index contributed by atoms with van der Waals surface area (Å²) in [7, 11) is 1.23. The molecule has 0 unspecified atom stereocenters. The molecule has 0 N–H and O–H groups in total. The van der Waals surface area contributed by atoms with Gasteiger partial charge in [-0.25, -0.2) is 9.59 Å². The van der Waals surface area contributed by atoms with Gasteiger partial charge in [-0.3, -0.25) is 4.79 Å². The SMILES string of the molecule is CCOC(=O)c1cn(CC)c2sc(C=NC(=O)OC)cc2c1=O. The van der Waals surface area contributed by atoms with Crippen LogP contribution in [-0.4, -0.2) is 36.6 Å². The molecule has 2 heterocycles. The van der Waals surface area contributed by atoms with Gasteiger partial charge in [-0.05, 0) is 19.9 Å². The minimum absolute atomic E-state index is 0.00421. The number of carbonyl (C=O) groups excluding carboxylic acids is 2. The zero-order valence-electron chi connectivity index (χ0n) is 13.0. The van der Waals surface area contributed by atoms with Crippen molar-refractivity contribution in [1.29, 1.82) is 0 Å². The molecule has 0 fully saturated rings. The van der Waals surface area contributed by atoms with Crippen LogP contribution >= 0.6 is 11.3 Å². The van der Waals surface area contributed by atoms with Crippen molar-refractivity contribution in [3.8, 4) is 0 Å². The Balaban J connectivity index is 2.58. The molecule has 122 valence electrons. The van der Waals surface area contributed by atoms with E-state index in [-0.39, 0.29) is 12.2 Å². The number of aliphatic imine (C=N–C) groups is 1. The number of methoxy groups -OCH3 is 1. The number of hydrogen-bond donors (Lipinski definition) is 0. The van der Waals surface area contributed by atoms with E-state index in [2.05, 4.69) is 9.73 Å². The second kappa shape index (κ2) is 7.19. The van der Waals surface area contributed by atoms with Gasteiger partial charge in [0.05, 0.1) is 25.3 Å². The molecule has 7 nitrogen and oxygen atoms in total. The van der Waals surface area contributed by atoms with Crippen LogP contribution in [0.15, 0.2) is 22.1 Å². The minimum Gasteiger partial charge on any atom is -0.462 e. The van der Waals surface area contributed by atoms with Gasteiger partial charge in [-0.2, -0.15) is 4.99 Å². The summed E-state index contributed by atoms with van der Waals surface area (Å²) >= 11 is 1.30. The molecule has 0 bridgehead atoms. The highest BCUT2D eigenvalue weighted by Crippen LogP contribution is 2.23. The third kappa shape index (κ3) is 3.48. The Morgan fingerprint density at radius 2 is 2.13 bits per heavy atom. The van der Waals surface area contributed by atoms with Crippen molar-refractivity contribution >= 4 is 39.8 Å². The Hall–Kier alpha value is -2.48. The molecule has 2 rings (SSSR count). The van der Waals surface area contributed by atoms with Gasteiger partial charge in [0.2, 0.25) is 5.43 Å². The number of carbonyl (C=O) groups is 2. The van der Waals surface area contributed by atoms with Crippen LogP contribution < -0.4 is 5.43 Å². The van der Waals surface area contributed by atoms with Crippen molar-refractivity contribution in [2.45, 2.75) is 20.4 Å². The third-order valence-corrected chi connectivity index (χ3v) is 4.18. The van der Waals surface area contributed by atoms with Crippen LogP contribution in [0.25, 0.3) is 10.2 Å². The van der Waals surface area contributed by atoms with Crippen molar-refractivity contribution in [3.63, 3.8) is 0 Å². The maximum atomic E-state index is 12.5. The molecule has 0 atom stereocenters. The largest absolute Gasteiger partial charge is 0.462 e. The Morgan fingerprint density at radius 1 is 1.39 bits per heavy atom. The first-order chi connectivity index (χ1) is 11.0. The van der Waals surface area contributed by atoms with E-state index >= 15 is 0 Å². The fourth-order valence-electron chi connectivity index (χ4n) is 2.02. The van der Waals surface area contributed by atoms with Gasteiger partial charge < -0.3 is 14.0 Å². The predicted octanol–water partition coefficient (Wildman–Crippen LogP) is 2.44. The number of rotatable bonds is 4. The molecule has 0 aliphatic carbocycles. The molecule has 0 aliphatic heterocycles. The van der Waals surface area contributed by atoms with Crippen LogP contribution in [0.2, 0.25) is 0 Å². The van der Waals surface area contributed by atoms with Crippen molar-refractivity contribution in [2.75, 3.05) is 13.7 Å². The lowest BCUT2D eigenvalue weighted by Gasteiger charge is -2.07. The average Bonchev–Trinajstić information content (AvgIpc) is 2.98. The van der Waals surface area contributed by atoms with Gasteiger partial charge in [0, 0.05) is 17.6 Å². The summed E-state index contributed by atoms with van der Waals surface area (Å²) < 4.78 is 11.1. The number of ether oxygens (including phenoxy) is 2. The molecule has 0 radical (unpaired) electrons. The summed E-state index contributed by atoms with van der Waals surface area (Å²) in [6, 6.07) is 1.60. The normalized spacial score (nSPS) is 11.1. The molecule has 8 heteroatoms. The summed E-state index contributed by atoms with van der Waals surface area (Å²) in [5.41, 5.74) is -0.396. The maximum Gasteiger partial charge on any atom is 0.433 e. The van der Waals surface area contributed by atoms with Gasteiger partial charge in [-0.1, -0.05) is 0 Å². The highest BCUT2D eigenvalue weighted by atomic mass is 32.1. The standard InChI is InChI=1S/C15H16N2O5S/c1-4-17-8-11(14(19)22-5-2)12(18)10-6-9(23-13(10)17)7-16-15(20)21-3/h6-8H,4-5H2,1-3H3. The Morgan fingerprint density at radius 3 is 2.74 bits per heavy atom. The molecule has 2 aromatic rings. The lowest BCUT2D eigenvalue weighted by Crippen LogP contribution is -2.19. The predicted molar refractivity (Wildman–Crippen MR) is 87.7 cm³/mol. The third-order valence-electron chi connectivity index (χ3n) is 3.07. The zero-order chi connectivity index (χ0) is 17.0. The van der Waals surface area contributed by atoms with E-state index in [1.807, 2.05) is 6.92 Å². The van der Waals surface area contributed by atoms with Crippen LogP contribution in [0.5, 0.6) is 0 Å². The number of hydrogen-bond acceptors (Lipinski definition) is 6. The van der Waals surface area contributed by atoms with Crippen LogP contribution in [0.1, 0.15) is 29.1 Å². The highest BCUT2D eigenvalue weighted by molar-refractivity contribution is 7.20. The smallest absolute Gasteiger partial charge is 0.433 e. The quantitative estimate of drug-likeness (QED) is 0.632. The van der Waals surface area contributed by atoms with E-state index in [1.54, 1.807) is 17.6 Å². The van der Waals surface area contributed by atoms with E-state index in [1.165, 1.54) is 30.9 Å². The molecular formula is C15H16N2O5S. The summed E-state index contributed by atoms with van der Waals surface area (Å²) in [5.74, 6) is -0.641. The van der Waals surface area contributed by atoms with Crippen molar-refractivity contribution < 1.29 is 19.1 Å². The molecular weight excluding hydrogens is 320 g/mol. The second-order valence-corrected chi connectivity index (χ2v) is 5.54. The highest BCUT2D eigenvalue weighted by Gasteiger charge is 2.18. The Bertz CT molecular complexity index is 834. The molecule has 2 aromatic heterocycles. The summed E-state index contributed by atoms with van der Waals surface area (Å²) in [6.45, 7) is 4.36. The first-order valence-electron chi connectivity index (χ1n) is 6.97. The van der Waals surface area contributed by atoms with Gasteiger partial charge in [0.15, 0.2) is 0 Å². The number of esters is 1. The Kier molecular flexibility index (Phi) is 5.28. The molecule has 0 saturated heterocycles. The van der Waals surface area contributed by atoms with Crippen molar-refractivity contribution in [3.05, 3.63) is 32.9 Å². The monoisotopic (exact) mass is 336 g/mol. The van der Waals surface area contributed by atoms with E-state index in [0.29, 0.717) is 21.6 Å². The van der Waals surface area contributed by atoms with Crippen molar-refractivity contribution in [1.82, 2.24) is 4.57 Å². The summed E-state index contributed by atoms with van der Waals surface area (Å²) in [6.07, 6.45) is 2.11. The number of pyridine rings is 1. The van der Waals surface area contributed by atoms with Gasteiger partial charge in [-0.15, -0.1) is 11.3 Å². The fourth-order valence-corrected chi connectivity index (χ4v) is 3.08. The first-order valence-corrected chi connectivity index (χ1v) is 7.79. The van der Waals surface area contributed by atoms with Gasteiger partial charge in [0.25, 0.3) is 0 Å². The minimum atomic E-state index is -0.722. The average molecular weight is 336 g/mol. The van der Waals surface area contributed by atoms with E-state index in [4.69, 9.17) is 4.74 Å². The van der Waals surface area contributed by atoms with Crippen molar-refractivity contribution in [2.24, 2.45) is 4.99 Å². The first kappa shape index (κ1) is 16.9. The zero-order valence-corrected chi connectivity index (χ0v) is 13.8. The van der Waals surface area contributed by atoms with E-state index in [9.17, 15) is 14.4 Å². The number of nitrogens with zero attached hydrogens (tertiary/aromatic N) is 2.